The summed E-state index contributed by atoms with van der Waals surface area (Å²) in [6, 6.07) is 63.9. The van der Waals surface area contributed by atoms with Gasteiger partial charge in [-0.25, -0.2) is 15.0 Å². The van der Waals surface area contributed by atoms with Crippen molar-refractivity contribution in [3.05, 3.63) is 211 Å². The molecule has 7 aromatic carbocycles. The molecule has 1 unspecified atom stereocenters. The highest BCUT2D eigenvalue weighted by atomic mass is 16.3. The van der Waals surface area contributed by atoms with Crippen molar-refractivity contribution in [1.82, 2.24) is 15.0 Å². The number of hydrogen-bond donors (Lipinski definition) is 0. The Hall–Kier alpha value is -7.17. The Balaban J connectivity index is 1.13. The van der Waals surface area contributed by atoms with Crippen LogP contribution < -0.4 is 0 Å². The van der Waals surface area contributed by atoms with Gasteiger partial charge in [0.1, 0.15) is 11.2 Å². The van der Waals surface area contributed by atoms with E-state index in [1.165, 1.54) is 38.9 Å². The third-order valence-corrected chi connectivity index (χ3v) is 11.1. The second kappa shape index (κ2) is 11.9. The largest absolute Gasteiger partial charge is 0.467 e. The molecule has 9 aromatic rings. The summed E-state index contributed by atoms with van der Waals surface area (Å²) in [6.45, 7) is 0. The van der Waals surface area contributed by atoms with E-state index in [1.54, 1.807) is 0 Å². The van der Waals surface area contributed by atoms with Gasteiger partial charge in [0.2, 0.25) is 0 Å². The highest BCUT2D eigenvalue weighted by Gasteiger charge is 2.54. The van der Waals surface area contributed by atoms with Crippen molar-refractivity contribution in [2.24, 2.45) is 0 Å². The lowest BCUT2D eigenvalue weighted by Crippen LogP contribution is -2.25. The van der Waals surface area contributed by atoms with Crippen molar-refractivity contribution in [2.75, 3.05) is 0 Å². The van der Waals surface area contributed by atoms with Crippen LogP contribution in [-0.2, 0) is 5.41 Å². The summed E-state index contributed by atoms with van der Waals surface area (Å²) >= 11 is 0. The molecule has 1 spiro atoms. The van der Waals surface area contributed by atoms with Crippen LogP contribution in [0.1, 0.15) is 22.5 Å². The average molecular weight is 690 g/mol. The van der Waals surface area contributed by atoms with Crippen LogP contribution in [0.4, 0.5) is 0 Å². The summed E-state index contributed by atoms with van der Waals surface area (Å²) < 4.78 is 6.46. The van der Waals surface area contributed by atoms with Gasteiger partial charge in [0.25, 0.3) is 0 Å². The van der Waals surface area contributed by atoms with E-state index in [0.717, 1.165) is 44.7 Å². The van der Waals surface area contributed by atoms with Gasteiger partial charge in [0.15, 0.2) is 17.5 Å². The van der Waals surface area contributed by atoms with Crippen LogP contribution in [0.3, 0.4) is 0 Å². The van der Waals surface area contributed by atoms with E-state index < -0.39 is 5.41 Å². The van der Waals surface area contributed by atoms with Gasteiger partial charge in [-0.05, 0) is 67.8 Å². The second-order valence-corrected chi connectivity index (χ2v) is 13.9. The van der Waals surface area contributed by atoms with E-state index in [0.29, 0.717) is 17.5 Å². The van der Waals surface area contributed by atoms with E-state index in [9.17, 15) is 0 Å². The van der Waals surface area contributed by atoms with Crippen molar-refractivity contribution in [2.45, 2.75) is 5.41 Å². The molecular formula is C50H31N3O. The van der Waals surface area contributed by atoms with E-state index >= 15 is 0 Å². The SMILES string of the molecule is c1ccc(-c2ccc(-c3nc(-c4ccc5c(c4)C4(c6ccccc6-5)c5ccccc5-c5ccoc54)nc(-c4ccccc4-c4ccccc4)n3)cc2)cc1. The molecule has 0 amide bonds. The molecular weight excluding hydrogens is 659 g/mol. The van der Waals surface area contributed by atoms with Crippen LogP contribution in [0, 0.1) is 0 Å². The summed E-state index contributed by atoms with van der Waals surface area (Å²) in [7, 11) is 0. The Morgan fingerprint density at radius 3 is 1.50 bits per heavy atom. The van der Waals surface area contributed by atoms with Gasteiger partial charge in [-0.15, -0.1) is 0 Å². The molecule has 0 saturated heterocycles. The minimum absolute atomic E-state index is 0.594. The summed E-state index contributed by atoms with van der Waals surface area (Å²) in [5, 5.41) is 0. The van der Waals surface area contributed by atoms with Gasteiger partial charge in [-0.3, -0.25) is 0 Å². The second-order valence-electron chi connectivity index (χ2n) is 13.9. The fraction of sp³-hybridized carbons (Fsp3) is 0.0200. The van der Waals surface area contributed by atoms with Gasteiger partial charge in [-0.1, -0.05) is 170 Å². The zero-order chi connectivity index (χ0) is 35.6. The normalized spacial score (nSPS) is 14.7. The predicted octanol–water partition coefficient (Wildman–Crippen LogP) is 12.1. The Bertz CT molecular complexity index is 2880. The number of aromatic nitrogens is 3. The fourth-order valence-electron chi connectivity index (χ4n) is 8.68. The minimum Gasteiger partial charge on any atom is -0.467 e. The minimum atomic E-state index is -0.594. The van der Waals surface area contributed by atoms with Crippen molar-refractivity contribution in [3.8, 4) is 78.7 Å². The standard InChI is InChI=1S/C50H31N3O/c1-3-13-32(14-4-1)33-23-25-35(26-24-33)47-51-48(53-49(52-47)42-20-8-7-17-37(42)34-15-5-2-6-16-34)36-27-28-40-38-18-9-11-21-43(38)50(45(40)31-36)44-22-12-10-19-39(44)41-29-30-54-46(41)50/h1-31H. The maximum Gasteiger partial charge on any atom is 0.164 e. The Labute approximate surface area is 313 Å². The van der Waals surface area contributed by atoms with Gasteiger partial charge in [-0.2, -0.15) is 0 Å². The number of rotatable bonds is 5. The van der Waals surface area contributed by atoms with E-state index in [1.807, 2.05) is 18.4 Å². The molecule has 4 nitrogen and oxygen atoms in total. The Kier molecular flexibility index (Phi) is 6.73. The Morgan fingerprint density at radius 2 is 0.796 bits per heavy atom. The molecule has 0 radical (unpaired) electrons. The number of nitrogens with zero attached hydrogens (tertiary/aromatic N) is 3. The monoisotopic (exact) mass is 689 g/mol. The smallest absolute Gasteiger partial charge is 0.164 e. The lowest BCUT2D eigenvalue weighted by molar-refractivity contribution is 0.474. The topological polar surface area (TPSA) is 51.8 Å². The molecule has 54 heavy (non-hydrogen) atoms. The highest BCUT2D eigenvalue weighted by molar-refractivity contribution is 5.95. The maximum atomic E-state index is 6.46. The van der Waals surface area contributed by atoms with Gasteiger partial charge >= 0.3 is 0 Å². The lowest BCUT2D eigenvalue weighted by Gasteiger charge is -2.28. The molecule has 0 N–H and O–H groups in total. The highest BCUT2D eigenvalue weighted by Crippen LogP contribution is 2.63. The summed E-state index contributed by atoms with van der Waals surface area (Å²) in [4.78, 5) is 15.7. The molecule has 0 aliphatic heterocycles. The first kappa shape index (κ1) is 30.5. The maximum absolute atomic E-state index is 6.46. The summed E-state index contributed by atoms with van der Waals surface area (Å²) in [5.41, 5.74) is 15.0. The molecule has 0 saturated carbocycles. The van der Waals surface area contributed by atoms with E-state index in [-0.39, 0.29) is 0 Å². The van der Waals surface area contributed by atoms with E-state index in [2.05, 4.69) is 170 Å². The number of fused-ring (bicyclic) bond motifs is 10. The zero-order valence-corrected chi connectivity index (χ0v) is 29.1. The van der Waals surface area contributed by atoms with Crippen molar-refractivity contribution in [1.29, 1.82) is 0 Å². The van der Waals surface area contributed by atoms with Crippen LogP contribution in [-0.4, -0.2) is 15.0 Å². The molecule has 0 fully saturated rings. The third kappa shape index (κ3) is 4.47. The molecule has 2 aromatic heterocycles. The zero-order valence-electron chi connectivity index (χ0n) is 29.1. The quantitative estimate of drug-likeness (QED) is 0.180. The molecule has 4 heteroatoms. The molecule has 252 valence electrons. The molecule has 2 aliphatic carbocycles. The van der Waals surface area contributed by atoms with E-state index in [4.69, 9.17) is 19.4 Å². The van der Waals surface area contributed by atoms with Gasteiger partial charge in [0, 0.05) is 22.3 Å². The van der Waals surface area contributed by atoms with Crippen LogP contribution in [0.15, 0.2) is 193 Å². The van der Waals surface area contributed by atoms with Crippen LogP contribution in [0.2, 0.25) is 0 Å². The first-order valence-electron chi connectivity index (χ1n) is 18.3. The number of furan rings is 1. The number of hydrogen-bond acceptors (Lipinski definition) is 4. The first-order chi connectivity index (χ1) is 26.8. The number of benzene rings is 7. The molecule has 0 bridgehead atoms. The van der Waals surface area contributed by atoms with Crippen LogP contribution in [0.25, 0.3) is 78.7 Å². The predicted molar refractivity (Wildman–Crippen MR) is 216 cm³/mol. The first-order valence-corrected chi connectivity index (χ1v) is 18.3. The Morgan fingerprint density at radius 1 is 0.315 bits per heavy atom. The van der Waals surface area contributed by atoms with Gasteiger partial charge < -0.3 is 4.42 Å². The fourth-order valence-corrected chi connectivity index (χ4v) is 8.68. The van der Waals surface area contributed by atoms with Crippen molar-refractivity contribution < 1.29 is 4.42 Å². The lowest BCUT2D eigenvalue weighted by atomic mass is 9.73. The molecule has 11 rings (SSSR count). The van der Waals surface area contributed by atoms with Crippen LogP contribution in [0.5, 0.6) is 0 Å². The molecule has 2 aliphatic rings. The van der Waals surface area contributed by atoms with Gasteiger partial charge in [0.05, 0.1) is 6.26 Å². The van der Waals surface area contributed by atoms with Crippen molar-refractivity contribution in [3.63, 3.8) is 0 Å². The summed E-state index contributed by atoms with van der Waals surface area (Å²) in [6.07, 6.45) is 1.82. The third-order valence-electron chi connectivity index (χ3n) is 11.1. The van der Waals surface area contributed by atoms with Crippen LogP contribution >= 0.6 is 0 Å². The summed E-state index contributed by atoms with van der Waals surface area (Å²) in [5.74, 6) is 2.82. The average Bonchev–Trinajstić information content (AvgIpc) is 3.93. The molecule has 2 heterocycles. The molecule has 1 atom stereocenters. The van der Waals surface area contributed by atoms with Crippen molar-refractivity contribution >= 4 is 0 Å².